The summed E-state index contributed by atoms with van der Waals surface area (Å²) in [4.78, 5) is 14.1. The lowest BCUT2D eigenvalue weighted by Gasteiger charge is -2.08. The topological polar surface area (TPSA) is 76.7 Å². The molecule has 5 nitrogen and oxygen atoms in total. The van der Waals surface area contributed by atoms with Crippen LogP contribution in [-0.2, 0) is 17.4 Å². The van der Waals surface area contributed by atoms with E-state index in [1.807, 2.05) is 24.3 Å². The van der Waals surface area contributed by atoms with Crippen LogP contribution in [0.15, 0.2) is 60.8 Å². The van der Waals surface area contributed by atoms with Gasteiger partial charge in [-0.05, 0) is 29.8 Å². The van der Waals surface area contributed by atoms with E-state index in [0.717, 1.165) is 17.0 Å². The standard InChI is InChI=1S/C20H15F3N4O/c21-20(22,23)18-10-17(15-11-25-16-4-2-1-3-14(15)16)27(26-18)13-7-5-12(6-8-13)9-19(24)28/h1-8,10-11,25H,9H2,(H2,24,28). The molecule has 0 unspecified atom stereocenters. The molecule has 0 aliphatic carbocycles. The summed E-state index contributed by atoms with van der Waals surface area (Å²) in [5.74, 6) is -0.481. The van der Waals surface area contributed by atoms with E-state index in [0.29, 0.717) is 22.5 Å². The Bertz CT molecular complexity index is 1160. The van der Waals surface area contributed by atoms with E-state index in [2.05, 4.69) is 10.1 Å². The van der Waals surface area contributed by atoms with Crippen molar-refractivity contribution in [3.8, 4) is 16.9 Å². The Morgan fingerprint density at radius 3 is 2.50 bits per heavy atom. The zero-order valence-electron chi connectivity index (χ0n) is 14.5. The van der Waals surface area contributed by atoms with Crippen molar-refractivity contribution in [3.05, 3.63) is 72.1 Å². The number of H-pyrrole nitrogens is 1. The van der Waals surface area contributed by atoms with Crippen molar-refractivity contribution < 1.29 is 18.0 Å². The van der Waals surface area contributed by atoms with Gasteiger partial charge in [-0.3, -0.25) is 4.79 Å². The van der Waals surface area contributed by atoms with Gasteiger partial charge in [0.25, 0.3) is 0 Å². The predicted molar refractivity (Wildman–Crippen MR) is 98.8 cm³/mol. The number of carbonyl (C=O) groups excluding carboxylic acids is 1. The van der Waals surface area contributed by atoms with Crippen LogP contribution in [0.2, 0.25) is 0 Å². The molecule has 0 saturated carbocycles. The molecule has 0 spiro atoms. The van der Waals surface area contributed by atoms with Crippen LogP contribution >= 0.6 is 0 Å². The summed E-state index contributed by atoms with van der Waals surface area (Å²) in [6, 6.07) is 14.9. The molecular formula is C20H15F3N4O. The molecule has 0 aliphatic rings. The van der Waals surface area contributed by atoms with Gasteiger partial charge in [0.2, 0.25) is 5.91 Å². The molecule has 142 valence electrons. The summed E-state index contributed by atoms with van der Waals surface area (Å²) in [5, 5.41) is 4.59. The van der Waals surface area contributed by atoms with Crippen molar-refractivity contribution in [2.45, 2.75) is 12.6 Å². The molecule has 0 fully saturated rings. The number of carbonyl (C=O) groups is 1. The zero-order valence-corrected chi connectivity index (χ0v) is 14.5. The number of para-hydroxylation sites is 1. The molecule has 0 saturated heterocycles. The number of halogens is 3. The van der Waals surface area contributed by atoms with Gasteiger partial charge in [0.05, 0.1) is 17.8 Å². The van der Waals surface area contributed by atoms with Crippen LogP contribution in [-0.4, -0.2) is 20.7 Å². The quantitative estimate of drug-likeness (QED) is 0.557. The third-order valence-electron chi connectivity index (χ3n) is 4.42. The van der Waals surface area contributed by atoms with Crippen molar-refractivity contribution in [2.75, 3.05) is 0 Å². The fourth-order valence-corrected chi connectivity index (χ4v) is 3.15. The second-order valence-corrected chi connectivity index (χ2v) is 6.38. The number of nitrogens with zero attached hydrogens (tertiary/aromatic N) is 2. The molecular weight excluding hydrogens is 369 g/mol. The number of aromatic nitrogens is 3. The number of primary amides is 1. The summed E-state index contributed by atoms with van der Waals surface area (Å²) in [6.07, 6.45) is -2.85. The van der Waals surface area contributed by atoms with Crippen molar-refractivity contribution in [1.29, 1.82) is 0 Å². The fraction of sp³-hybridized carbons (Fsp3) is 0.100. The number of nitrogens with one attached hydrogen (secondary N) is 1. The van der Waals surface area contributed by atoms with E-state index in [1.54, 1.807) is 30.5 Å². The number of rotatable bonds is 4. The highest BCUT2D eigenvalue weighted by atomic mass is 19.4. The summed E-state index contributed by atoms with van der Waals surface area (Å²) in [6.45, 7) is 0. The van der Waals surface area contributed by atoms with Crippen LogP contribution in [0.5, 0.6) is 0 Å². The lowest BCUT2D eigenvalue weighted by Crippen LogP contribution is -2.13. The Hall–Kier alpha value is -3.55. The maximum absolute atomic E-state index is 13.3. The second-order valence-electron chi connectivity index (χ2n) is 6.38. The normalized spacial score (nSPS) is 11.8. The van der Waals surface area contributed by atoms with E-state index < -0.39 is 17.8 Å². The Kier molecular flexibility index (Phi) is 4.18. The molecule has 0 bridgehead atoms. The van der Waals surface area contributed by atoms with Gasteiger partial charge in [-0.15, -0.1) is 0 Å². The van der Waals surface area contributed by atoms with Gasteiger partial charge >= 0.3 is 6.18 Å². The summed E-state index contributed by atoms with van der Waals surface area (Å²) < 4.78 is 41.2. The van der Waals surface area contributed by atoms with Crippen molar-refractivity contribution in [3.63, 3.8) is 0 Å². The molecule has 0 atom stereocenters. The molecule has 0 radical (unpaired) electrons. The highest BCUT2D eigenvalue weighted by Crippen LogP contribution is 2.35. The number of benzene rings is 2. The number of hydrogen-bond acceptors (Lipinski definition) is 2. The van der Waals surface area contributed by atoms with Gasteiger partial charge in [-0.2, -0.15) is 18.3 Å². The van der Waals surface area contributed by atoms with Crippen molar-refractivity contribution >= 4 is 16.8 Å². The average Bonchev–Trinajstić information content (AvgIpc) is 3.25. The van der Waals surface area contributed by atoms with Gasteiger partial charge in [-0.25, -0.2) is 4.68 Å². The molecule has 1 amide bonds. The molecule has 8 heteroatoms. The van der Waals surface area contributed by atoms with E-state index in [9.17, 15) is 18.0 Å². The highest BCUT2D eigenvalue weighted by molar-refractivity contribution is 5.95. The third-order valence-corrected chi connectivity index (χ3v) is 4.42. The minimum Gasteiger partial charge on any atom is -0.369 e. The molecule has 4 rings (SSSR count). The van der Waals surface area contributed by atoms with Crippen LogP contribution < -0.4 is 5.73 Å². The van der Waals surface area contributed by atoms with Crippen LogP contribution in [0.3, 0.4) is 0 Å². The Balaban J connectivity index is 1.87. The SMILES string of the molecule is NC(=O)Cc1ccc(-n2nc(C(F)(F)F)cc2-c2c[nH]c3ccccc23)cc1. The molecule has 3 N–H and O–H groups in total. The van der Waals surface area contributed by atoms with Crippen LogP contribution in [0.4, 0.5) is 13.2 Å². The number of alkyl halides is 3. The number of hydrogen-bond donors (Lipinski definition) is 2. The summed E-state index contributed by atoms with van der Waals surface area (Å²) in [5.41, 5.74) is 7.06. The minimum absolute atomic E-state index is 0.0580. The molecule has 2 aromatic heterocycles. The predicted octanol–water partition coefficient (Wildman–Crippen LogP) is 4.07. The maximum atomic E-state index is 13.3. The minimum atomic E-state index is -4.57. The van der Waals surface area contributed by atoms with Gasteiger partial charge in [-0.1, -0.05) is 30.3 Å². The number of nitrogens with two attached hydrogens (primary N) is 1. The number of aromatic amines is 1. The van der Waals surface area contributed by atoms with E-state index in [-0.39, 0.29) is 6.42 Å². The van der Waals surface area contributed by atoms with E-state index >= 15 is 0 Å². The Morgan fingerprint density at radius 2 is 1.82 bits per heavy atom. The smallest absolute Gasteiger partial charge is 0.369 e. The second kappa shape index (κ2) is 6.56. The van der Waals surface area contributed by atoms with Crippen LogP contribution in [0.1, 0.15) is 11.3 Å². The summed E-state index contributed by atoms with van der Waals surface area (Å²) >= 11 is 0. The first-order valence-electron chi connectivity index (χ1n) is 8.44. The number of amides is 1. The van der Waals surface area contributed by atoms with Gasteiger partial charge < -0.3 is 10.7 Å². The molecule has 4 aromatic rings. The Morgan fingerprint density at radius 1 is 1.11 bits per heavy atom. The zero-order chi connectivity index (χ0) is 19.9. The first-order chi connectivity index (χ1) is 13.3. The lowest BCUT2D eigenvalue weighted by molar-refractivity contribution is -0.141. The van der Waals surface area contributed by atoms with Gasteiger partial charge in [0, 0.05) is 22.7 Å². The van der Waals surface area contributed by atoms with Crippen molar-refractivity contribution in [1.82, 2.24) is 14.8 Å². The van der Waals surface area contributed by atoms with Crippen LogP contribution in [0, 0.1) is 0 Å². The lowest BCUT2D eigenvalue weighted by atomic mass is 10.1. The van der Waals surface area contributed by atoms with Gasteiger partial charge in [0.15, 0.2) is 5.69 Å². The fourth-order valence-electron chi connectivity index (χ4n) is 3.15. The average molecular weight is 384 g/mol. The molecule has 2 aromatic carbocycles. The largest absolute Gasteiger partial charge is 0.435 e. The number of fused-ring (bicyclic) bond motifs is 1. The van der Waals surface area contributed by atoms with Crippen molar-refractivity contribution in [2.24, 2.45) is 5.73 Å². The first-order valence-corrected chi connectivity index (χ1v) is 8.44. The maximum Gasteiger partial charge on any atom is 0.435 e. The molecule has 0 aliphatic heterocycles. The van der Waals surface area contributed by atoms with E-state index in [1.165, 1.54) is 4.68 Å². The van der Waals surface area contributed by atoms with Crippen LogP contribution in [0.25, 0.3) is 27.8 Å². The third kappa shape index (κ3) is 3.24. The first kappa shape index (κ1) is 17.8. The monoisotopic (exact) mass is 384 g/mol. The molecule has 2 heterocycles. The van der Waals surface area contributed by atoms with E-state index in [4.69, 9.17) is 5.73 Å². The summed E-state index contributed by atoms with van der Waals surface area (Å²) in [7, 11) is 0. The van der Waals surface area contributed by atoms with Gasteiger partial charge in [0.1, 0.15) is 0 Å². The highest BCUT2D eigenvalue weighted by Gasteiger charge is 2.35. The Labute approximate surface area is 157 Å². The molecule has 28 heavy (non-hydrogen) atoms.